The van der Waals surface area contributed by atoms with Crippen LogP contribution >= 0.6 is 0 Å². The summed E-state index contributed by atoms with van der Waals surface area (Å²) in [5.41, 5.74) is 1.36. The standard InChI is InChI=1S/C24H22F2N6O4S/c1-14-22-17(15-3-6-21(27-13-15)31-7-9-36-10-8-31)12-19(24(33)30-37(2,34)35)28-23(22)32(29-14)20-5-4-16(25)11-18(20)26/h3-6,11-13H,7-10H2,1-2H3,(H,30,33). The molecule has 4 heterocycles. The van der Waals surface area contributed by atoms with Crippen molar-refractivity contribution in [3.63, 3.8) is 0 Å². The maximum Gasteiger partial charge on any atom is 0.283 e. The van der Waals surface area contributed by atoms with E-state index in [4.69, 9.17) is 4.74 Å². The molecule has 5 rings (SSSR count). The van der Waals surface area contributed by atoms with Gasteiger partial charge in [0.2, 0.25) is 10.0 Å². The first-order chi connectivity index (χ1) is 17.6. The molecule has 10 nitrogen and oxygen atoms in total. The number of anilines is 1. The molecular formula is C24H22F2N6O4S. The molecule has 0 aliphatic carbocycles. The number of aryl methyl sites for hydroxylation is 1. The van der Waals surface area contributed by atoms with Crippen LogP contribution in [0.15, 0.2) is 42.6 Å². The van der Waals surface area contributed by atoms with Crippen LogP contribution in [-0.2, 0) is 14.8 Å². The molecule has 0 unspecified atom stereocenters. The second kappa shape index (κ2) is 9.48. The SMILES string of the molecule is Cc1nn(-c2ccc(F)cc2F)c2nc(C(=O)NS(C)(=O)=O)cc(-c3ccc(N4CCOCC4)nc3)c12. The Labute approximate surface area is 210 Å². The Morgan fingerprint density at radius 1 is 1.11 bits per heavy atom. The van der Waals surface area contributed by atoms with Crippen molar-refractivity contribution in [2.24, 2.45) is 0 Å². The molecule has 4 aromatic rings. The number of aromatic nitrogens is 4. The molecule has 192 valence electrons. The number of pyridine rings is 2. The van der Waals surface area contributed by atoms with Gasteiger partial charge in [0, 0.05) is 30.9 Å². The van der Waals surface area contributed by atoms with Gasteiger partial charge >= 0.3 is 0 Å². The van der Waals surface area contributed by atoms with Crippen LogP contribution in [0.2, 0.25) is 0 Å². The molecule has 0 bridgehead atoms. The first-order valence-electron chi connectivity index (χ1n) is 11.3. The van der Waals surface area contributed by atoms with E-state index in [-0.39, 0.29) is 17.0 Å². The lowest BCUT2D eigenvalue weighted by molar-refractivity contribution is 0.0977. The minimum Gasteiger partial charge on any atom is -0.378 e. The fourth-order valence-electron chi connectivity index (χ4n) is 4.20. The van der Waals surface area contributed by atoms with E-state index >= 15 is 0 Å². The van der Waals surface area contributed by atoms with Crippen LogP contribution in [-0.4, -0.2) is 66.6 Å². The largest absolute Gasteiger partial charge is 0.378 e. The Hall–Kier alpha value is -3.97. The zero-order valence-corrected chi connectivity index (χ0v) is 20.7. The number of nitrogens with zero attached hydrogens (tertiary/aromatic N) is 5. The average Bonchev–Trinajstić information content (AvgIpc) is 3.19. The van der Waals surface area contributed by atoms with Gasteiger partial charge in [0.15, 0.2) is 11.5 Å². The summed E-state index contributed by atoms with van der Waals surface area (Å²) in [7, 11) is -3.88. The van der Waals surface area contributed by atoms with E-state index in [9.17, 15) is 22.0 Å². The summed E-state index contributed by atoms with van der Waals surface area (Å²) in [6, 6.07) is 8.10. The quantitative estimate of drug-likeness (QED) is 0.420. The monoisotopic (exact) mass is 528 g/mol. The number of nitrogens with one attached hydrogen (secondary N) is 1. The number of carbonyl (C=O) groups is 1. The molecule has 37 heavy (non-hydrogen) atoms. The number of hydrogen-bond acceptors (Lipinski definition) is 8. The van der Waals surface area contributed by atoms with Crippen LogP contribution in [0.1, 0.15) is 16.2 Å². The third-order valence-corrected chi connectivity index (χ3v) is 6.41. The molecular weight excluding hydrogens is 506 g/mol. The molecule has 1 aliphatic rings. The molecule has 13 heteroatoms. The first-order valence-corrected chi connectivity index (χ1v) is 13.2. The van der Waals surface area contributed by atoms with Crippen molar-refractivity contribution in [1.29, 1.82) is 0 Å². The number of ether oxygens (including phenoxy) is 1. The van der Waals surface area contributed by atoms with Crippen LogP contribution in [0.5, 0.6) is 0 Å². The van der Waals surface area contributed by atoms with Gasteiger partial charge in [-0.15, -0.1) is 0 Å². The van der Waals surface area contributed by atoms with Gasteiger partial charge in [0.1, 0.15) is 23.0 Å². The summed E-state index contributed by atoms with van der Waals surface area (Å²) in [6.07, 6.45) is 2.48. The van der Waals surface area contributed by atoms with Crippen molar-refractivity contribution < 1.29 is 26.7 Å². The lowest BCUT2D eigenvalue weighted by atomic mass is 10.0. The Balaban J connectivity index is 1.69. The Morgan fingerprint density at radius 3 is 2.51 bits per heavy atom. The Morgan fingerprint density at radius 2 is 1.86 bits per heavy atom. The van der Waals surface area contributed by atoms with E-state index in [2.05, 4.69) is 20.0 Å². The fraction of sp³-hybridized carbons (Fsp3) is 0.250. The Bertz CT molecular complexity index is 1620. The van der Waals surface area contributed by atoms with Gasteiger partial charge < -0.3 is 9.64 Å². The second-order valence-electron chi connectivity index (χ2n) is 8.55. The third-order valence-electron chi connectivity index (χ3n) is 5.86. The van der Waals surface area contributed by atoms with Crippen molar-refractivity contribution in [2.45, 2.75) is 6.92 Å². The number of halogens is 2. The van der Waals surface area contributed by atoms with Gasteiger partial charge in [-0.25, -0.2) is 36.6 Å². The van der Waals surface area contributed by atoms with E-state index in [1.807, 2.05) is 16.9 Å². The molecule has 1 saturated heterocycles. The summed E-state index contributed by atoms with van der Waals surface area (Å²) < 4.78 is 60.1. The predicted octanol–water partition coefficient (Wildman–Crippen LogP) is 2.60. The summed E-state index contributed by atoms with van der Waals surface area (Å²) in [5.74, 6) is -1.85. The third kappa shape index (κ3) is 5.00. The summed E-state index contributed by atoms with van der Waals surface area (Å²) in [6.45, 7) is 4.31. The molecule has 3 aromatic heterocycles. The number of sulfonamides is 1. The van der Waals surface area contributed by atoms with Gasteiger partial charge in [0.25, 0.3) is 5.91 Å². The lowest BCUT2D eigenvalue weighted by Gasteiger charge is -2.27. The first kappa shape index (κ1) is 24.7. The molecule has 0 spiro atoms. The van der Waals surface area contributed by atoms with E-state index in [1.165, 1.54) is 12.1 Å². The highest BCUT2D eigenvalue weighted by Gasteiger charge is 2.23. The summed E-state index contributed by atoms with van der Waals surface area (Å²) >= 11 is 0. The number of rotatable bonds is 5. The van der Waals surface area contributed by atoms with Crippen LogP contribution in [0.3, 0.4) is 0 Å². The van der Waals surface area contributed by atoms with Gasteiger partial charge in [-0.2, -0.15) is 5.10 Å². The van der Waals surface area contributed by atoms with Gasteiger partial charge in [-0.05, 0) is 42.8 Å². The molecule has 1 amide bonds. The number of amides is 1. The minimum atomic E-state index is -3.88. The predicted molar refractivity (Wildman–Crippen MR) is 132 cm³/mol. The highest BCUT2D eigenvalue weighted by Crippen LogP contribution is 2.33. The zero-order chi connectivity index (χ0) is 26.3. The van der Waals surface area contributed by atoms with E-state index in [0.717, 1.165) is 22.8 Å². The maximum atomic E-state index is 14.7. The molecule has 1 N–H and O–H groups in total. The van der Waals surface area contributed by atoms with Crippen LogP contribution in [0.25, 0.3) is 27.8 Å². The Kier molecular flexibility index (Phi) is 6.33. The molecule has 0 radical (unpaired) electrons. The second-order valence-corrected chi connectivity index (χ2v) is 10.3. The normalized spacial score (nSPS) is 14.2. The molecule has 1 fully saturated rings. The topological polar surface area (TPSA) is 119 Å². The van der Waals surface area contributed by atoms with Gasteiger partial charge in [-0.1, -0.05) is 0 Å². The van der Waals surface area contributed by atoms with E-state index < -0.39 is 27.6 Å². The van der Waals surface area contributed by atoms with E-state index in [0.29, 0.717) is 54.6 Å². The lowest BCUT2D eigenvalue weighted by Crippen LogP contribution is -2.36. The van der Waals surface area contributed by atoms with Crippen LogP contribution in [0.4, 0.5) is 14.6 Å². The smallest absolute Gasteiger partial charge is 0.283 e. The highest BCUT2D eigenvalue weighted by atomic mass is 32.2. The van der Waals surface area contributed by atoms with Crippen LogP contribution < -0.4 is 9.62 Å². The van der Waals surface area contributed by atoms with E-state index in [1.54, 1.807) is 13.1 Å². The minimum absolute atomic E-state index is 0.0839. The van der Waals surface area contributed by atoms with Crippen molar-refractivity contribution in [2.75, 3.05) is 37.5 Å². The fourth-order valence-corrected chi connectivity index (χ4v) is 4.64. The number of morpholine rings is 1. The number of hydrogen-bond donors (Lipinski definition) is 1. The van der Waals surface area contributed by atoms with Gasteiger partial charge in [0.05, 0.1) is 30.5 Å². The molecule has 0 saturated carbocycles. The number of benzene rings is 1. The highest BCUT2D eigenvalue weighted by molar-refractivity contribution is 7.89. The van der Waals surface area contributed by atoms with Gasteiger partial charge in [-0.3, -0.25) is 4.79 Å². The summed E-state index contributed by atoms with van der Waals surface area (Å²) in [5, 5.41) is 4.90. The van der Waals surface area contributed by atoms with Crippen molar-refractivity contribution in [3.8, 4) is 16.8 Å². The maximum absolute atomic E-state index is 14.7. The van der Waals surface area contributed by atoms with Crippen molar-refractivity contribution in [1.82, 2.24) is 24.5 Å². The number of carbonyl (C=O) groups excluding carboxylic acids is 1. The molecule has 1 aliphatic heterocycles. The average molecular weight is 529 g/mol. The molecule has 1 aromatic carbocycles. The van der Waals surface area contributed by atoms with Crippen molar-refractivity contribution >= 4 is 32.8 Å². The zero-order valence-electron chi connectivity index (χ0n) is 19.9. The molecule has 0 atom stereocenters. The number of fused-ring (bicyclic) bond motifs is 1. The summed E-state index contributed by atoms with van der Waals surface area (Å²) in [4.78, 5) is 23.7. The van der Waals surface area contributed by atoms with Crippen molar-refractivity contribution in [3.05, 3.63) is 65.6 Å². The van der Waals surface area contributed by atoms with Crippen LogP contribution in [0, 0.1) is 18.6 Å².